The number of hydrogen-bond acceptors (Lipinski definition) is 5. The van der Waals surface area contributed by atoms with Crippen LogP contribution in [0.4, 0.5) is 4.79 Å². The van der Waals surface area contributed by atoms with Gasteiger partial charge in [0.25, 0.3) is 0 Å². The van der Waals surface area contributed by atoms with Gasteiger partial charge in [0, 0.05) is 24.7 Å². The molecular weight excluding hydrogens is 452 g/mol. The highest BCUT2D eigenvalue weighted by Crippen LogP contribution is 2.22. The topological polar surface area (TPSA) is 64.8 Å². The first kappa shape index (κ1) is 24.6. The minimum absolute atomic E-state index is 0.403. The highest BCUT2D eigenvalue weighted by molar-refractivity contribution is 5.71. The van der Waals surface area contributed by atoms with E-state index < -0.39 is 6.09 Å². The predicted octanol–water partition coefficient (Wildman–Crippen LogP) is 7.01. The van der Waals surface area contributed by atoms with E-state index in [9.17, 15) is 4.79 Å². The Morgan fingerprint density at radius 1 is 1.00 bits per heavy atom. The number of carbonyl (C=O) groups is 1. The number of nitrogens with zero attached hydrogens (tertiary/aromatic N) is 2. The molecule has 0 radical (unpaired) electrons. The van der Waals surface area contributed by atoms with Crippen molar-refractivity contribution in [3.8, 4) is 23.0 Å². The van der Waals surface area contributed by atoms with Crippen LogP contribution >= 0.6 is 0 Å². The Morgan fingerprint density at radius 2 is 1.75 bits per heavy atom. The molecule has 6 heteroatoms. The third kappa shape index (κ3) is 6.32. The highest BCUT2D eigenvalue weighted by atomic mass is 16.6. The number of aromatic nitrogens is 1. The van der Waals surface area contributed by atoms with Crippen LogP contribution in [0.2, 0.25) is 0 Å². The van der Waals surface area contributed by atoms with Gasteiger partial charge in [0.1, 0.15) is 23.0 Å². The second-order valence-electron chi connectivity index (χ2n) is 8.08. The van der Waals surface area contributed by atoms with Gasteiger partial charge in [-0.1, -0.05) is 36.4 Å². The summed E-state index contributed by atoms with van der Waals surface area (Å²) in [6, 6.07) is 24.7. The van der Waals surface area contributed by atoms with Gasteiger partial charge in [-0.2, -0.15) is 0 Å². The maximum absolute atomic E-state index is 12.7. The Bertz CT molecular complexity index is 1370. The maximum Gasteiger partial charge on any atom is 0.415 e. The van der Waals surface area contributed by atoms with Gasteiger partial charge in [-0.3, -0.25) is 0 Å². The van der Waals surface area contributed by atoms with E-state index in [4.69, 9.17) is 13.9 Å². The van der Waals surface area contributed by atoms with Crippen molar-refractivity contribution in [2.75, 3.05) is 13.7 Å². The largest absolute Gasteiger partial charge is 0.497 e. The molecule has 0 aliphatic heterocycles. The highest BCUT2D eigenvalue weighted by Gasteiger charge is 2.15. The van der Waals surface area contributed by atoms with Gasteiger partial charge in [0.15, 0.2) is 0 Å². The Balaban J connectivity index is 1.42. The third-order valence-corrected chi connectivity index (χ3v) is 5.55. The lowest BCUT2D eigenvalue weighted by Crippen LogP contribution is -2.32. The molecule has 0 aliphatic rings. The van der Waals surface area contributed by atoms with E-state index in [1.165, 1.54) is 0 Å². The summed E-state index contributed by atoms with van der Waals surface area (Å²) >= 11 is 0. The molecule has 3 aromatic carbocycles. The van der Waals surface area contributed by atoms with Crippen molar-refractivity contribution in [1.82, 2.24) is 9.88 Å². The quantitative estimate of drug-likeness (QED) is 0.254. The molecule has 0 atom stereocenters. The van der Waals surface area contributed by atoms with Crippen molar-refractivity contribution in [3.05, 3.63) is 107 Å². The van der Waals surface area contributed by atoms with E-state index in [1.807, 2.05) is 80.6 Å². The molecule has 4 aromatic rings. The van der Waals surface area contributed by atoms with Crippen LogP contribution in [0.1, 0.15) is 29.5 Å². The summed E-state index contributed by atoms with van der Waals surface area (Å²) in [6.45, 7) is 4.76. The van der Waals surface area contributed by atoms with E-state index in [0.717, 1.165) is 28.1 Å². The molecule has 0 aliphatic carbocycles. The van der Waals surface area contributed by atoms with E-state index in [1.54, 1.807) is 36.3 Å². The Kier molecular flexibility index (Phi) is 8.01. The Labute approximate surface area is 211 Å². The molecule has 0 N–H and O–H groups in total. The molecule has 36 heavy (non-hydrogen) atoms. The smallest absolute Gasteiger partial charge is 0.415 e. The standard InChI is InChI=1S/C30H28N2O4/c1-4-32(30(33)36-27-18-16-26(34-3)17-19-27)21-24-12-8-10-23(20-24)11-9-15-28-22(2)35-29(31-28)25-13-6-5-7-14-25/h5-8,10-20H,4,21H2,1-3H3. The molecule has 4 rings (SSSR count). The van der Waals surface area contributed by atoms with Crippen LogP contribution < -0.4 is 9.47 Å². The molecule has 0 fully saturated rings. The fraction of sp³-hybridized carbons (Fsp3) is 0.167. The van der Waals surface area contributed by atoms with Crippen LogP contribution in [-0.2, 0) is 6.54 Å². The van der Waals surface area contributed by atoms with Gasteiger partial charge in [-0.25, -0.2) is 9.78 Å². The molecular formula is C30H28N2O4. The second-order valence-corrected chi connectivity index (χ2v) is 8.08. The summed E-state index contributed by atoms with van der Waals surface area (Å²) in [7, 11) is 1.59. The summed E-state index contributed by atoms with van der Waals surface area (Å²) < 4.78 is 16.5. The van der Waals surface area contributed by atoms with Gasteiger partial charge in [0.2, 0.25) is 5.89 Å². The normalized spacial score (nSPS) is 10.3. The SMILES string of the molecule is CCN(Cc1cccc(C=C=Cc2nc(-c3ccccc3)oc2C)c1)C(=O)Oc1ccc(OC)cc1. The molecule has 6 nitrogen and oxygen atoms in total. The number of oxazole rings is 1. The van der Waals surface area contributed by atoms with Crippen molar-refractivity contribution in [2.45, 2.75) is 20.4 Å². The van der Waals surface area contributed by atoms with Crippen LogP contribution in [-0.4, -0.2) is 29.6 Å². The lowest BCUT2D eigenvalue weighted by Gasteiger charge is -2.20. The molecule has 0 spiro atoms. The summed E-state index contributed by atoms with van der Waals surface area (Å²) in [6.07, 6.45) is 3.29. The van der Waals surface area contributed by atoms with Crippen LogP contribution in [0.5, 0.6) is 11.5 Å². The molecule has 0 saturated carbocycles. The summed E-state index contributed by atoms with van der Waals surface area (Å²) in [5, 5.41) is 0. The van der Waals surface area contributed by atoms with E-state index in [-0.39, 0.29) is 0 Å². The average Bonchev–Trinajstić information content (AvgIpc) is 3.28. The van der Waals surface area contributed by atoms with Crippen molar-refractivity contribution in [2.24, 2.45) is 0 Å². The number of amides is 1. The molecule has 1 heterocycles. The third-order valence-electron chi connectivity index (χ3n) is 5.55. The first-order valence-electron chi connectivity index (χ1n) is 11.7. The number of benzene rings is 3. The van der Waals surface area contributed by atoms with Gasteiger partial charge in [-0.15, -0.1) is 5.73 Å². The molecule has 1 aromatic heterocycles. The van der Waals surface area contributed by atoms with E-state index >= 15 is 0 Å². The van der Waals surface area contributed by atoms with Crippen LogP contribution in [0.3, 0.4) is 0 Å². The molecule has 182 valence electrons. The van der Waals surface area contributed by atoms with Crippen LogP contribution in [0.25, 0.3) is 23.6 Å². The number of hydrogen-bond donors (Lipinski definition) is 0. The first-order valence-corrected chi connectivity index (χ1v) is 11.7. The van der Waals surface area contributed by atoms with Crippen molar-refractivity contribution < 1.29 is 18.7 Å². The van der Waals surface area contributed by atoms with Crippen molar-refractivity contribution in [1.29, 1.82) is 0 Å². The number of ether oxygens (including phenoxy) is 2. The molecule has 0 saturated heterocycles. The first-order chi connectivity index (χ1) is 17.6. The summed E-state index contributed by atoms with van der Waals surface area (Å²) in [5.41, 5.74) is 6.82. The van der Waals surface area contributed by atoms with Gasteiger partial charge in [0.05, 0.1) is 7.11 Å². The molecule has 1 amide bonds. The number of methoxy groups -OCH3 is 1. The van der Waals surface area contributed by atoms with Crippen LogP contribution in [0, 0.1) is 6.92 Å². The molecule has 0 bridgehead atoms. The number of rotatable bonds is 8. The lowest BCUT2D eigenvalue weighted by atomic mass is 10.1. The number of aryl methyl sites for hydroxylation is 1. The van der Waals surface area contributed by atoms with Gasteiger partial charge < -0.3 is 18.8 Å². The minimum Gasteiger partial charge on any atom is -0.497 e. The summed E-state index contributed by atoms with van der Waals surface area (Å²) in [5.74, 6) is 2.50. The Morgan fingerprint density at radius 3 is 2.47 bits per heavy atom. The Hall–Kier alpha value is -4.54. The lowest BCUT2D eigenvalue weighted by molar-refractivity contribution is 0.152. The zero-order chi connectivity index (χ0) is 25.3. The second kappa shape index (κ2) is 11.7. The predicted molar refractivity (Wildman–Crippen MR) is 141 cm³/mol. The number of carbonyl (C=O) groups excluding carboxylic acids is 1. The summed E-state index contributed by atoms with van der Waals surface area (Å²) in [4.78, 5) is 18.9. The zero-order valence-electron chi connectivity index (χ0n) is 20.6. The van der Waals surface area contributed by atoms with E-state index in [0.29, 0.717) is 30.5 Å². The van der Waals surface area contributed by atoms with E-state index in [2.05, 4.69) is 10.7 Å². The van der Waals surface area contributed by atoms with Gasteiger partial charge >= 0.3 is 6.09 Å². The van der Waals surface area contributed by atoms with Crippen molar-refractivity contribution >= 4 is 18.2 Å². The zero-order valence-corrected chi connectivity index (χ0v) is 20.6. The fourth-order valence-corrected chi connectivity index (χ4v) is 3.58. The monoisotopic (exact) mass is 480 g/mol. The minimum atomic E-state index is -0.403. The van der Waals surface area contributed by atoms with Crippen molar-refractivity contribution in [3.63, 3.8) is 0 Å². The van der Waals surface area contributed by atoms with Crippen LogP contribution in [0.15, 0.2) is 89.0 Å². The maximum atomic E-state index is 12.7. The van der Waals surface area contributed by atoms with Gasteiger partial charge in [-0.05, 0) is 73.5 Å². The fourth-order valence-electron chi connectivity index (χ4n) is 3.58. The average molecular weight is 481 g/mol. The molecule has 0 unspecified atom stereocenters.